The summed E-state index contributed by atoms with van der Waals surface area (Å²) in [5.41, 5.74) is 6.84. The molecule has 1 amide bonds. The molecule has 3 aromatic rings. The number of hydrogen-bond donors (Lipinski definition) is 2. The van der Waals surface area contributed by atoms with Crippen LogP contribution in [0.2, 0.25) is 0 Å². The average molecular weight is 461 g/mol. The lowest BCUT2D eigenvalue weighted by Crippen LogP contribution is -2.42. The summed E-state index contributed by atoms with van der Waals surface area (Å²) in [4.78, 5) is 16.4. The van der Waals surface area contributed by atoms with Crippen molar-refractivity contribution in [3.8, 4) is 17.2 Å². The lowest BCUT2D eigenvalue weighted by atomic mass is 9.90. The molecule has 1 saturated heterocycles. The maximum absolute atomic E-state index is 11.7. The van der Waals surface area contributed by atoms with Gasteiger partial charge in [-0.05, 0) is 68.1 Å². The molecule has 3 atom stereocenters. The number of benzene rings is 2. The van der Waals surface area contributed by atoms with Crippen molar-refractivity contribution in [3.63, 3.8) is 0 Å². The molecule has 2 aliphatic heterocycles. The fraction of sp³-hybridized carbons (Fsp3) is 0.444. The fourth-order valence-electron chi connectivity index (χ4n) is 4.93. The molecule has 3 heterocycles. The van der Waals surface area contributed by atoms with Crippen LogP contribution in [-0.2, 0) is 4.79 Å². The molecule has 178 valence electrons. The summed E-state index contributed by atoms with van der Waals surface area (Å²) in [5, 5.41) is 7.88. The molecule has 7 nitrogen and oxygen atoms in total. The number of carbonyl (C=O) groups is 1. The van der Waals surface area contributed by atoms with Gasteiger partial charge < -0.3 is 14.5 Å². The molecule has 7 heteroatoms. The summed E-state index contributed by atoms with van der Waals surface area (Å²) in [5.74, 6) is 1.93. The van der Waals surface area contributed by atoms with Crippen LogP contribution in [0.1, 0.15) is 52.0 Å². The number of oxazole rings is 1. The Morgan fingerprint density at radius 1 is 1.15 bits per heavy atom. The van der Waals surface area contributed by atoms with Gasteiger partial charge in [-0.15, -0.1) is 0 Å². The van der Waals surface area contributed by atoms with Crippen LogP contribution in [0.25, 0.3) is 22.6 Å². The molecule has 2 N–H and O–H groups in total. The van der Waals surface area contributed by atoms with Crippen LogP contribution in [-0.4, -0.2) is 35.3 Å². The van der Waals surface area contributed by atoms with E-state index in [0.717, 1.165) is 47.5 Å². The molecular formula is C27H32N4O3. The van der Waals surface area contributed by atoms with Gasteiger partial charge in [-0.1, -0.05) is 26.8 Å². The second-order valence-electron chi connectivity index (χ2n) is 9.60. The first-order valence-electron chi connectivity index (χ1n) is 12.3. The largest absolute Gasteiger partial charge is 0.489 e. The normalized spacial score (nSPS) is 21.5. The van der Waals surface area contributed by atoms with Gasteiger partial charge in [0, 0.05) is 29.5 Å². The van der Waals surface area contributed by atoms with Crippen molar-refractivity contribution in [1.29, 1.82) is 0 Å². The number of amides is 1. The number of aromatic nitrogens is 1. The van der Waals surface area contributed by atoms with E-state index in [9.17, 15) is 4.79 Å². The third-order valence-corrected chi connectivity index (χ3v) is 6.82. The lowest BCUT2D eigenvalue weighted by Gasteiger charge is -2.28. The number of fused-ring (bicyclic) bond motifs is 1. The highest BCUT2D eigenvalue weighted by atomic mass is 16.5. The molecule has 2 aromatic carbocycles. The van der Waals surface area contributed by atoms with Crippen LogP contribution in [0.5, 0.6) is 5.75 Å². The summed E-state index contributed by atoms with van der Waals surface area (Å²) in [6, 6.07) is 14.3. The zero-order valence-corrected chi connectivity index (χ0v) is 20.0. The maximum Gasteiger partial charge on any atom is 0.240 e. The van der Waals surface area contributed by atoms with Gasteiger partial charge >= 0.3 is 0 Å². The standard InChI is InChI=1S/C27H32N4O3/c1-4-17-15-24(32)30-31-25(17)19-9-12-21-23(14-19)34-27(29-21)18-7-10-20(11-8-18)33-26(16(2)3)22-6-5-13-28-22/h7-12,14,16-17,22,26,28H,4-6,13,15H2,1-3H3,(H,30,32)/t17?,22?,26-/m1/s1. The first-order chi connectivity index (χ1) is 16.5. The Balaban J connectivity index is 1.35. The van der Waals surface area contributed by atoms with Crippen molar-refractivity contribution in [3.05, 3.63) is 48.0 Å². The van der Waals surface area contributed by atoms with E-state index in [4.69, 9.17) is 9.15 Å². The van der Waals surface area contributed by atoms with Crippen molar-refractivity contribution < 1.29 is 13.9 Å². The fourth-order valence-corrected chi connectivity index (χ4v) is 4.93. The molecule has 2 unspecified atom stereocenters. The zero-order chi connectivity index (χ0) is 23.7. The number of nitrogens with zero attached hydrogens (tertiary/aromatic N) is 2. The lowest BCUT2D eigenvalue weighted by molar-refractivity contribution is -0.122. The summed E-state index contributed by atoms with van der Waals surface area (Å²) < 4.78 is 12.5. The molecule has 2 aliphatic rings. The van der Waals surface area contributed by atoms with Crippen molar-refractivity contribution in [2.24, 2.45) is 16.9 Å². The Labute approximate surface area is 200 Å². The Morgan fingerprint density at radius 2 is 1.94 bits per heavy atom. The van der Waals surface area contributed by atoms with Gasteiger partial charge in [0.25, 0.3) is 0 Å². The van der Waals surface area contributed by atoms with Gasteiger partial charge in [0.15, 0.2) is 5.58 Å². The van der Waals surface area contributed by atoms with E-state index in [0.29, 0.717) is 29.9 Å². The van der Waals surface area contributed by atoms with E-state index in [1.165, 1.54) is 6.42 Å². The molecule has 0 saturated carbocycles. The van der Waals surface area contributed by atoms with Crippen LogP contribution in [0.15, 0.2) is 52.0 Å². The monoisotopic (exact) mass is 460 g/mol. The van der Waals surface area contributed by atoms with Gasteiger partial charge in [-0.3, -0.25) is 4.79 Å². The predicted octanol–water partition coefficient (Wildman–Crippen LogP) is 4.90. The van der Waals surface area contributed by atoms with E-state index in [-0.39, 0.29) is 17.9 Å². The molecule has 0 aliphatic carbocycles. The highest BCUT2D eigenvalue weighted by Gasteiger charge is 2.29. The second kappa shape index (κ2) is 9.58. The quantitative estimate of drug-likeness (QED) is 0.524. The summed E-state index contributed by atoms with van der Waals surface area (Å²) in [6.07, 6.45) is 3.82. The molecule has 34 heavy (non-hydrogen) atoms. The van der Waals surface area contributed by atoms with E-state index < -0.39 is 0 Å². The summed E-state index contributed by atoms with van der Waals surface area (Å²) in [6.45, 7) is 7.56. The van der Waals surface area contributed by atoms with Crippen LogP contribution < -0.4 is 15.5 Å². The molecule has 0 spiro atoms. The smallest absolute Gasteiger partial charge is 0.240 e. The van der Waals surface area contributed by atoms with E-state index in [1.807, 2.05) is 42.5 Å². The van der Waals surface area contributed by atoms with Gasteiger partial charge in [0.05, 0.1) is 5.71 Å². The summed E-state index contributed by atoms with van der Waals surface area (Å²) >= 11 is 0. The molecule has 1 fully saturated rings. The topological polar surface area (TPSA) is 88.8 Å². The first-order valence-corrected chi connectivity index (χ1v) is 12.3. The van der Waals surface area contributed by atoms with Gasteiger partial charge in [-0.2, -0.15) is 5.10 Å². The first kappa shape index (κ1) is 22.6. The van der Waals surface area contributed by atoms with Gasteiger partial charge in [0.1, 0.15) is 17.4 Å². The van der Waals surface area contributed by atoms with Gasteiger partial charge in [-0.25, -0.2) is 10.4 Å². The number of hydrazone groups is 1. The van der Waals surface area contributed by atoms with E-state index in [1.54, 1.807) is 0 Å². The Hall–Kier alpha value is -3.19. The van der Waals surface area contributed by atoms with Crippen molar-refractivity contribution >= 4 is 22.7 Å². The van der Waals surface area contributed by atoms with E-state index >= 15 is 0 Å². The van der Waals surface area contributed by atoms with Crippen LogP contribution in [0.4, 0.5) is 0 Å². The predicted molar refractivity (Wildman–Crippen MR) is 133 cm³/mol. The number of hydrogen-bond acceptors (Lipinski definition) is 6. The second-order valence-corrected chi connectivity index (χ2v) is 9.60. The van der Waals surface area contributed by atoms with Crippen LogP contribution >= 0.6 is 0 Å². The van der Waals surface area contributed by atoms with Crippen molar-refractivity contribution in [1.82, 2.24) is 15.7 Å². The minimum absolute atomic E-state index is 0.0368. The Kier molecular flexibility index (Phi) is 6.37. The van der Waals surface area contributed by atoms with Crippen molar-refractivity contribution in [2.45, 2.75) is 58.6 Å². The average Bonchev–Trinajstić information content (AvgIpc) is 3.52. The van der Waals surface area contributed by atoms with Gasteiger partial charge in [0.2, 0.25) is 11.8 Å². The third-order valence-electron chi connectivity index (χ3n) is 6.82. The minimum atomic E-state index is -0.0368. The summed E-state index contributed by atoms with van der Waals surface area (Å²) in [7, 11) is 0. The zero-order valence-electron chi connectivity index (χ0n) is 20.0. The SMILES string of the molecule is CCC1CC(=O)NN=C1c1ccc2nc(-c3ccc(O[C@H](C(C)C)C4CCCN4)cc3)oc2c1. The molecular weight excluding hydrogens is 428 g/mol. The number of carbonyl (C=O) groups excluding carboxylic acids is 1. The molecule has 0 radical (unpaired) electrons. The maximum atomic E-state index is 11.7. The Bertz CT molecular complexity index is 1190. The third kappa shape index (κ3) is 4.57. The molecule has 1 aromatic heterocycles. The van der Waals surface area contributed by atoms with E-state index in [2.05, 4.69) is 41.6 Å². The molecule has 0 bridgehead atoms. The number of nitrogens with one attached hydrogen (secondary N) is 2. The van der Waals surface area contributed by atoms with Crippen LogP contribution in [0, 0.1) is 11.8 Å². The number of ether oxygens (including phenoxy) is 1. The highest BCUT2D eigenvalue weighted by molar-refractivity contribution is 6.07. The highest BCUT2D eigenvalue weighted by Crippen LogP contribution is 2.29. The Morgan fingerprint density at radius 3 is 2.65 bits per heavy atom. The van der Waals surface area contributed by atoms with Crippen molar-refractivity contribution in [2.75, 3.05) is 6.54 Å². The van der Waals surface area contributed by atoms with Crippen LogP contribution in [0.3, 0.4) is 0 Å². The molecule has 5 rings (SSSR count). The number of rotatable bonds is 7. The minimum Gasteiger partial charge on any atom is -0.489 e.